The standard InChI is InChI=1S/C8H2F9NO2/c9-6(10,11)5(7(12,13)14,8(15,16)17)18-3(19)1-2-4(18)20/h1-2H. The van der Waals surface area contributed by atoms with Crippen LogP contribution in [-0.2, 0) is 9.59 Å². The SMILES string of the molecule is O=C1C=CC(=O)N1C(C(F)(F)F)(C(F)(F)F)C(F)(F)F. The molecule has 0 radical (unpaired) electrons. The molecule has 1 aliphatic rings. The Morgan fingerprint density at radius 1 is 0.650 bits per heavy atom. The van der Waals surface area contributed by atoms with Crippen molar-refractivity contribution in [2.75, 3.05) is 0 Å². The molecule has 0 spiro atoms. The number of imide groups is 1. The van der Waals surface area contributed by atoms with Crippen LogP contribution in [0.1, 0.15) is 0 Å². The number of carbonyl (C=O) groups is 2. The summed E-state index contributed by atoms with van der Waals surface area (Å²) in [6.45, 7) is 0. The second kappa shape index (κ2) is 4.12. The molecule has 1 aliphatic heterocycles. The van der Waals surface area contributed by atoms with Crippen LogP contribution < -0.4 is 0 Å². The van der Waals surface area contributed by atoms with Crippen molar-refractivity contribution in [3.8, 4) is 0 Å². The van der Waals surface area contributed by atoms with Crippen molar-refractivity contribution >= 4 is 11.8 Å². The van der Waals surface area contributed by atoms with Crippen molar-refractivity contribution in [1.82, 2.24) is 4.90 Å². The number of carbonyl (C=O) groups excluding carboxylic acids is 2. The van der Waals surface area contributed by atoms with Gasteiger partial charge in [-0.3, -0.25) is 9.59 Å². The highest BCUT2D eigenvalue weighted by Crippen LogP contribution is 2.56. The number of hydrogen-bond donors (Lipinski definition) is 0. The molecule has 0 N–H and O–H groups in total. The monoisotopic (exact) mass is 315 g/mol. The topological polar surface area (TPSA) is 37.4 Å². The van der Waals surface area contributed by atoms with Gasteiger partial charge in [-0.1, -0.05) is 0 Å². The Morgan fingerprint density at radius 2 is 0.900 bits per heavy atom. The summed E-state index contributed by atoms with van der Waals surface area (Å²) in [4.78, 5) is 19.9. The molecular weight excluding hydrogens is 313 g/mol. The zero-order chi connectivity index (χ0) is 16.1. The van der Waals surface area contributed by atoms with E-state index in [4.69, 9.17) is 0 Å². The van der Waals surface area contributed by atoms with Gasteiger partial charge in [-0.05, 0) is 0 Å². The van der Waals surface area contributed by atoms with Crippen LogP contribution in [0.3, 0.4) is 0 Å². The van der Waals surface area contributed by atoms with E-state index >= 15 is 0 Å². The highest BCUT2D eigenvalue weighted by Gasteiger charge is 2.88. The smallest absolute Gasteiger partial charge is 0.269 e. The molecule has 0 fully saturated rings. The predicted molar refractivity (Wildman–Crippen MR) is 41.9 cm³/mol. The molecule has 2 amide bonds. The molecule has 0 bridgehead atoms. The molecule has 1 heterocycles. The second-order valence-corrected chi connectivity index (χ2v) is 3.55. The average Bonchev–Trinajstić information content (AvgIpc) is 2.43. The molecule has 0 atom stereocenters. The van der Waals surface area contributed by atoms with Crippen molar-refractivity contribution < 1.29 is 49.1 Å². The maximum absolute atomic E-state index is 12.6. The predicted octanol–water partition coefficient (Wildman–Crippen LogP) is 2.34. The highest BCUT2D eigenvalue weighted by atomic mass is 19.4. The molecule has 0 saturated heterocycles. The summed E-state index contributed by atoms with van der Waals surface area (Å²) in [5.41, 5.74) is -6.59. The average molecular weight is 315 g/mol. The van der Waals surface area contributed by atoms with Crippen LogP contribution in [0, 0.1) is 0 Å². The van der Waals surface area contributed by atoms with E-state index in [2.05, 4.69) is 0 Å². The van der Waals surface area contributed by atoms with E-state index in [9.17, 15) is 49.1 Å². The number of hydrogen-bond acceptors (Lipinski definition) is 2. The van der Waals surface area contributed by atoms with Crippen molar-refractivity contribution in [3.05, 3.63) is 12.2 Å². The first kappa shape index (κ1) is 16.3. The minimum Gasteiger partial charge on any atom is -0.269 e. The Morgan fingerprint density at radius 3 is 1.10 bits per heavy atom. The van der Waals surface area contributed by atoms with E-state index in [1.54, 1.807) is 0 Å². The zero-order valence-corrected chi connectivity index (χ0v) is 8.82. The molecule has 114 valence electrons. The van der Waals surface area contributed by atoms with E-state index in [1.165, 1.54) is 0 Å². The van der Waals surface area contributed by atoms with Gasteiger partial charge in [-0.25, -0.2) is 4.90 Å². The Labute approximate surface area is 103 Å². The van der Waals surface area contributed by atoms with Gasteiger partial charge in [0.15, 0.2) is 0 Å². The quantitative estimate of drug-likeness (QED) is 0.550. The Kier molecular flexibility index (Phi) is 3.36. The van der Waals surface area contributed by atoms with E-state index in [-0.39, 0.29) is 12.2 Å². The van der Waals surface area contributed by atoms with Crippen LogP contribution in [0.25, 0.3) is 0 Å². The number of rotatable bonds is 1. The third-order valence-electron chi connectivity index (χ3n) is 2.38. The van der Waals surface area contributed by atoms with Gasteiger partial charge < -0.3 is 0 Å². The summed E-state index contributed by atoms with van der Waals surface area (Å²) in [5.74, 6) is -4.72. The molecule has 0 aromatic rings. The fraction of sp³-hybridized carbons (Fsp3) is 0.500. The molecule has 12 heteroatoms. The molecule has 1 rings (SSSR count). The third-order valence-corrected chi connectivity index (χ3v) is 2.38. The fourth-order valence-electron chi connectivity index (χ4n) is 1.59. The molecule has 3 nitrogen and oxygen atoms in total. The zero-order valence-electron chi connectivity index (χ0n) is 8.82. The van der Waals surface area contributed by atoms with Gasteiger partial charge in [-0.2, -0.15) is 39.5 Å². The second-order valence-electron chi connectivity index (χ2n) is 3.55. The lowest BCUT2D eigenvalue weighted by atomic mass is 9.94. The molecule has 0 aromatic heterocycles. The normalized spacial score (nSPS) is 18.1. The summed E-state index contributed by atoms with van der Waals surface area (Å²) in [6.07, 6.45) is -21.2. The summed E-state index contributed by atoms with van der Waals surface area (Å²) < 4.78 is 113. The maximum Gasteiger partial charge on any atom is 0.430 e. The van der Waals surface area contributed by atoms with Crippen LogP contribution >= 0.6 is 0 Å². The van der Waals surface area contributed by atoms with Crippen molar-refractivity contribution in [2.24, 2.45) is 0 Å². The van der Waals surface area contributed by atoms with Crippen molar-refractivity contribution in [3.63, 3.8) is 0 Å². The Bertz CT molecular complexity index is 416. The molecule has 0 aromatic carbocycles. The number of alkyl halides is 9. The first-order chi connectivity index (χ1) is 8.68. The minimum atomic E-state index is -7.00. The first-order valence-electron chi connectivity index (χ1n) is 4.44. The van der Waals surface area contributed by atoms with Gasteiger partial charge in [0, 0.05) is 12.2 Å². The van der Waals surface area contributed by atoms with E-state index in [1.807, 2.05) is 0 Å². The Balaban J connectivity index is 3.74. The minimum absolute atomic E-state index is 0.111. The highest BCUT2D eigenvalue weighted by molar-refractivity contribution is 6.13. The van der Waals surface area contributed by atoms with Crippen LogP contribution in [0.5, 0.6) is 0 Å². The first-order valence-corrected chi connectivity index (χ1v) is 4.44. The van der Waals surface area contributed by atoms with Crippen LogP contribution in [0.4, 0.5) is 39.5 Å². The summed E-state index contributed by atoms with van der Waals surface area (Å²) in [5, 5.41) is 0. The van der Waals surface area contributed by atoms with E-state index in [0.717, 1.165) is 0 Å². The summed E-state index contributed by atoms with van der Waals surface area (Å²) in [7, 11) is 0. The molecule has 0 aliphatic carbocycles. The fourth-order valence-corrected chi connectivity index (χ4v) is 1.59. The van der Waals surface area contributed by atoms with Crippen LogP contribution in [0.15, 0.2) is 12.2 Å². The van der Waals surface area contributed by atoms with Crippen molar-refractivity contribution in [1.29, 1.82) is 0 Å². The van der Waals surface area contributed by atoms with Gasteiger partial charge in [0.1, 0.15) is 0 Å². The van der Waals surface area contributed by atoms with Crippen molar-refractivity contribution in [2.45, 2.75) is 24.1 Å². The van der Waals surface area contributed by atoms with Gasteiger partial charge >= 0.3 is 24.1 Å². The molecule has 20 heavy (non-hydrogen) atoms. The van der Waals surface area contributed by atoms with Gasteiger partial charge in [-0.15, -0.1) is 0 Å². The summed E-state index contributed by atoms with van der Waals surface area (Å²) in [6, 6.07) is 0. The number of halogens is 9. The summed E-state index contributed by atoms with van der Waals surface area (Å²) >= 11 is 0. The lowest BCUT2D eigenvalue weighted by Gasteiger charge is -2.43. The maximum atomic E-state index is 12.6. The van der Waals surface area contributed by atoms with Crippen LogP contribution in [0.2, 0.25) is 0 Å². The van der Waals surface area contributed by atoms with E-state index < -0.39 is 40.8 Å². The third kappa shape index (κ3) is 1.93. The van der Waals surface area contributed by atoms with Crippen LogP contribution in [-0.4, -0.2) is 40.8 Å². The Hall–Kier alpha value is -1.75. The van der Waals surface area contributed by atoms with Gasteiger partial charge in [0.05, 0.1) is 0 Å². The largest absolute Gasteiger partial charge is 0.430 e. The van der Waals surface area contributed by atoms with E-state index in [0.29, 0.717) is 0 Å². The van der Waals surface area contributed by atoms with Gasteiger partial charge in [0.25, 0.3) is 11.8 Å². The molecule has 0 unspecified atom stereocenters. The number of amides is 2. The van der Waals surface area contributed by atoms with Gasteiger partial charge in [0.2, 0.25) is 0 Å². The lowest BCUT2D eigenvalue weighted by Crippen LogP contribution is -2.76. The molecular formula is C8H2F9NO2. The molecule has 0 saturated carbocycles. The lowest BCUT2D eigenvalue weighted by molar-refractivity contribution is -0.409. The number of nitrogens with zero attached hydrogens (tertiary/aromatic N) is 1.